The van der Waals surface area contributed by atoms with Crippen molar-refractivity contribution in [1.29, 1.82) is 0 Å². The molecule has 5 nitrogen and oxygen atoms in total. The van der Waals surface area contributed by atoms with Crippen molar-refractivity contribution in [3.05, 3.63) is 41.0 Å². The molecule has 1 aromatic heterocycles. The smallest absolute Gasteiger partial charge is 0.228 e. The van der Waals surface area contributed by atoms with Crippen LogP contribution in [0.3, 0.4) is 0 Å². The van der Waals surface area contributed by atoms with Crippen molar-refractivity contribution in [2.45, 2.75) is 40.0 Å². The van der Waals surface area contributed by atoms with Gasteiger partial charge in [0.1, 0.15) is 0 Å². The molecule has 1 amide bonds. The number of rotatable bonds is 4. The molecule has 0 radical (unpaired) electrons. The van der Waals surface area contributed by atoms with Gasteiger partial charge >= 0.3 is 0 Å². The van der Waals surface area contributed by atoms with Crippen LogP contribution in [0.1, 0.15) is 36.0 Å². The van der Waals surface area contributed by atoms with Crippen molar-refractivity contribution in [2.75, 3.05) is 10.6 Å². The van der Waals surface area contributed by atoms with Gasteiger partial charge in [0.05, 0.1) is 0 Å². The van der Waals surface area contributed by atoms with Crippen LogP contribution >= 0.6 is 0 Å². The number of benzene rings is 1. The summed E-state index contributed by atoms with van der Waals surface area (Å²) in [5.41, 5.74) is 4.64. The fraction of sp³-hybridized carbons (Fsp3) is 0.389. The molecule has 1 aliphatic rings. The van der Waals surface area contributed by atoms with E-state index in [-0.39, 0.29) is 11.8 Å². The lowest BCUT2D eigenvalue weighted by Gasteiger charge is -2.23. The monoisotopic (exact) mass is 310 g/mol. The zero-order valence-corrected chi connectivity index (χ0v) is 13.8. The van der Waals surface area contributed by atoms with Gasteiger partial charge in [0, 0.05) is 11.6 Å². The van der Waals surface area contributed by atoms with Gasteiger partial charge in [0.15, 0.2) is 11.6 Å². The van der Waals surface area contributed by atoms with Gasteiger partial charge < -0.3 is 10.6 Å². The molecule has 3 rings (SSSR count). The summed E-state index contributed by atoms with van der Waals surface area (Å²) in [5.74, 6) is 1.37. The van der Waals surface area contributed by atoms with E-state index in [2.05, 4.69) is 53.7 Å². The van der Waals surface area contributed by atoms with Crippen molar-refractivity contribution in [1.82, 2.24) is 10.2 Å². The van der Waals surface area contributed by atoms with E-state index < -0.39 is 0 Å². The molecule has 0 aliphatic heterocycles. The number of hydrogen-bond acceptors (Lipinski definition) is 4. The summed E-state index contributed by atoms with van der Waals surface area (Å²) in [7, 11) is 0. The molecular weight excluding hydrogens is 288 g/mol. The molecule has 2 aromatic rings. The molecule has 1 aliphatic carbocycles. The van der Waals surface area contributed by atoms with Crippen molar-refractivity contribution >= 4 is 23.2 Å². The maximum atomic E-state index is 11.9. The highest BCUT2D eigenvalue weighted by Gasteiger charge is 2.25. The van der Waals surface area contributed by atoms with E-state index in [1.54, 1.807) is 6.07 Å². The van der Waals surface area contributed by atoms with E-state index in [0.29, 0.717) is 11.6 Å². The molecule has 1 saturated carbocycles. The van der Waals surface area contributed by atoms with Crippen LogP contribution in [0.15, 0.2) is 24.3 Å². The Morgan fingerprint density at radius 3 is 2.17 bits per heavy atom. The normalized spacial score (nSPS) is 14.2. The van der Waals surface area contributed by atoms with E-state index >= 15 is 0 Å². The third-order valence-electron chi connectivity index (χ3n) is 4.32. The minimum Gasteiger partial charge on any atom is -0.338 e. The van der Waals surface area contributed by atoms with E-state index in [1.807, 2.05) is 6.07 Å². The molecule has 1 aromatic carbocycles. The average molecular weight is 310 g/mol. The first-order chi connectivity index (χ1) is 11.0. The summed E-state index contributed by atoms with van der Waals surface area (Å²) in [6.45, 7) is 6.23. The number of nitrogens with zero attached hydrogens (tertiary/aromatic N) is 2. The first-order valence-corrected chi connectivity index (χ1v) is 8.02. The minimum atomic E-state index is 0.0523. The molecule has 0 saturated heterocycles. The number of carbonyl (C=O) groups excluding carboxylic acids is 1. The number of hydrogen-bond donors (Lipinski definition) is 2. The number of aromatic nitrogens is 2. The van der Waals surface area contributed by atoms with Gasteiger partial charge in [0.25, 0.3) is 0 Å². The highest BCUT2D eigenvalue weighted by atomic mass is 16.2. The Morgan fingerprint density at radius 1 is 1.04 bits per heavy atom. The second-order valence-corrected chi connectivity index (χ2v) is 6.32. The topological polar surface area (TPSA) is 66.9 Å². The molecule has 0 bridgehead atoms. The van der Waals surface area contributed by atoms with Crippen molar-refractivity contribution in [2.24, 2.45) is 5.92 Å². The predicted octanol–water partition coefficient (Wildman–Crippen LogP) is 3.88. The van der Waals surface area contributed by atoms with Gasteiger partial charge in [-0.2, -0.15) is 0 Å². The Kier molecular flexibility index (Phi) is 4.28. The van der Waals surface area contributed by atoms with Crippen LogP contribution in [0, 0.1) is 26.7 Å². The maximum Gasteiger partial charge on any atom is 0.228 e. The van der Waals surface area contributed by atoms with Crippen LogP contribution in [0.25, 0.3) is 0 Å². The number of carbonyl (C=O) groups is 1. The Labute approximate surface area is 136 Å². The van der Waals surface area contributed by atoms with Crippen LogP contribution in [0.5, 0.6) is 0 Å². The number of aryl methyl sites for hydroxylation is 3. The number of amides is 1. The maximum absolute atomic E-state index is 11.9. The third kappa shape index (κ3) is 3.50. The highest BCUT2D eigenvalue weighted by molar-refractivity contribution is 5.92. The minimum absolute atomic E-state index is 0.0523. The molecule has 0 atom stereocenters. The van der Waals surface area contributed by atoms with E-state index in [1.165, 1.54) is 16.7 Å². The second-order valence-electron chi connectivity index (χ2n) is 6.32. The molecule has 120 valence electrons. The van der Waals surface area contributed by atoms with Gasteiger partial charge in [-0.15, -0.1) is 10.2 Å². The summed E-state index contributed by atoms with van der Waals surface area (Å²) in [5, 5.41) is 14.4. The molecule has 1 heterocycles. The third-order valence-corrected chi connectivity index (χ3v) is 4.32. The molecule has 0 unspecified atom stereocenters. The summed E-state index contributed by atoms with van der Waals surface area (Å²) < 4.78 is 0. The Bertz CT molecular complexity index is 697. The SMILES string of the molecule is Cc1cc(C)c(Nc2ccc(NC(=O)C3CCC3)nn2)c(C)c1. The van der Waals surface area contributed by atoms with Gasteiger partial charge in [-0.3, -0.25) is 4.79 Å². The van der Waals surface area contributed by atoms with E-state index in [4.69, 9.17) is 0 Å². The first kappa shape index (κ1) is 15.5. The highest BCUT2D eigenvalue weighted by Crippen LogP contribution is 2.28. The Balaban J connectivity index is 1.69. The molecule has 0 spiro atoms. The second kappa shape index (κ2) is 6.36. The van der Waals surface area contributed by atoms with Gasteiger partial charge in [-0.1, -0.05) is 24.1 Å². The van der Waals surface area contributed by atoms with Crippen LogP contribution in [-0.4, -0.2) is 16.1 Å². The largest absolute Gasteiger partial charge is 0.338 e. The molecule has 23 heavy (non-hydrogen) atoms. The molecule has 2 N–H and O–H groups in total. The summed E-state index contributed by atoms with van der Waals surface area (Å²) in [6, 6.07) is 7.89. The van der Waals surface area contributed by atoms with Crippen LogP contribution in [0.4, 0.5) is 17.3 Å². The molecular formula is C18H22N4O. The quantitative estimate of drug-likeness (QED) is 0.899. The lowest BCUT2D eigenvalue weighted by molar-refractivity contribution is -0.122. The van der Waals surface area contributed by atoms with Crippen LogP contribution < -0.4 is 10.6 Å². The van der Waals surface area contributed by atoms with Gasteiger partial charge in [-0.25, -0.2) is 0 Å². The molecule has 5 heteroatoms. The lowest BCUT2D eigenvalue weighted by atomic mass is 9.85. The van der Waals surface area contributed by atoms with Crippen molar-refractivity contribution in [3.63, 3.8) is 0 Å². The van der Waals surface area contributed by atoms with Crippen molar-refractivity contribution in [3.8, 4) is 0 Å². The summed E-state index contributed by atoms with van der Waals surface area (Å²) >= 11 is 0. The Morgan fingerprint density at radius 2 is 1.65 bits per heavy atom. The number of anilines is 3. The number of nitrogens with one attached hydrogen (secondary N) is 2. The first-order valence-electron chi connectivity index (χ1n) is 8.02. The lowest BCUT2D eigenvalue weighted by Crippen LogP contribution is -2.28. The van der Waals surface area contributed by atoms with Crippen LogP contribution in [-0.2, 0) is 4.79 Å². The Hall–Kier alpha value is -2.43. The molecule has 1 fully saturated rings. The zero-order chi connectivity index (χ0) is 16.4. The van der Waals surface area contributed by atoms with Gasteiger partial charge in [-0.05, 0) is 56.9 Å². The fourth-order valence-corrected chi connectivity index (χ4v) is 2.87. The predicted molar refractivity (Wildman–Crippen MR) is 91.9 cm³/mol. The summed E-state index contributed by atoms with van der Waals surface area (Å²) in [6.07, 6.45) is 3.09. The zero-order valence-electron chi connectivity index (χ0n) is 13.8. The summed E-state index contributed by atoms with van der Waals surface area (Å²) in [4.78, 5) is 11.9. The van der Waals surface area contributed by atoms with Gasteiger partial charge in [0.2, 0.25) is 5.91 Å². The van der Waals surface area contributed by atoms with Crippen LogP contribution in [0.2, 0.25) is 0 Å². The fourth-order valence-electron chi connectivity index (χ4n) is 2.87. The standard InChI is InChI=1S/C18H22N4O/c1-11-9-12(2)17(13(3)10-11)19-15-7-8-16(22-21-15)20-18(23)14-5-4-6-14/h7-10,14H,4-6H2,1-3H3,(H,19,21)(H,20,22,23). The van der Waals surface area contributed by atoms with E-state index in [0.717, 1.165) is 24.9 Å². The average Bonchev–Trinajstić information content (AvgIpc) is 2.42. The van der Waals surface area contributed by atoms with Crippen molar-refractivity contribution < 1.29 is 4.79 Å². The van der Waals surface area contributed by atoms with E-state index in [9.17, 15) is 4.79 Å².